The summed E-state index contributed by atoms with van der Waals surface area (Å²) in [7, 11) is 5.01. The highest BCUT2D eigenvalue weighted by Gasteiger charge is 2.33. The van der Waals surface area contributed by atoms with E-state index in [1.54, 1.807) is 13.8 Å². The molecule has 1 aromatic carbocycles. The molecule has 0 aliphatic heterocycles. The van der Waals surface area contributed by atoms with Crippen LogP contribution >= 0.6 is 0 Å². The van der Waals surface area contributed by atoms with E-state index in [1.807, 2.05) is 38.1 Å². The van der Waals surface area contributed by atoms with E-state index in [0.717, 1.165) is 30.5 Å². The summed E-state index contributed by atoms with van der Waals surface area (Å²) in [4.78, 5) is 36.9. The third-order valence-electron chi connectivity index (χ3n) is 6.06. The SMILES string of the molecule is [B]C(=O)OCc1ccc(NC(=C)C(CCCCC)NC(=O)C(NC(=O)C(C)(C)CCO)C(C)C)cc1. The zero-order valence-electron chi connectivity index (χ0n) is 22.4. The van der Waals surface area contributed by atoms with Crippen molar-refractivity contribution in [3.05, 3.63) is 42.1 Å². The fourth-order valence-electron chi connectivity index (χ4n) is 3.57. The van der Waals surface area contributed by atoms with Gasteiger partial charge in [-0.05, 0) is 36.5 Å². The van der Waals surface area contributed by atoms with Crippen LogP contribution in [0.15, 0.2) is 36.5 Å². The quantitative estimate of drug-likeness (QED) is 0.202. The number of carbonyl (C=O) groups is 3. The summed E-state index contributed by atoms with van der Waals surface area (Å²) in [5.41, 5.74) is 1.41. The predicted octanol–water partition coefficient (Wildman–Crippen LogP) is 4.03. The van der Waals surface area contributed by atoms with Crippen molar-refractivity contribution in [2.45, 2.75) is 85.4 Å². The molecule has 8 nitrogen and oxygen atoms in total. The van der Waals surface area contributed by atoms with E-state index >= 15 is 0 Å². The fraction of sp³-hybridized carbons (Fsp3) is 0.593. The maximum absolute atomic E-state index is 13.3. The van der Waals surface area contributed by atoms with Crippen LogP contribution in [0, 0.1) is 11.3 Å². The minimum absolute atomic E-state index is 0.0870. The Bertz CT molecular complexity index is 871. The molecule has 0 bridgehead atoms. The second-order valence-electron chi connectivity index (χ2n) is 10.1. The molecule has 1 rings (SSSR count). The number of aliphatic hydroxyl groups is 1. The minimum Gasteiger partial charge on any atom is -0.470 e. The lowest BCUT2D eigenvalue weighted by atomic mass is 9.87. The molecule has 0 saturated carbocycles. The number of anilines is 1. The van der Waals surface area contributed by atoms with Crippen molar-refractivity contribution in [1.82, 2.24) is 10.6 Å². The third-order valence-corrected chi connectivity index (χ3v) is 6.06. The van der Waals surface area contributed by atoms with Crippen molar-refractivity contribution in [3.63, 3.8) is 0 Å². The first kappa shape index (κ1) is 31.2. The van der Waals surface area contributed by atoms with Gasteiger partial charge in [-0.2, -0.15) is 0 Å². The van der Waals surface area contributed by atoms with Gasteiger partial charge in [-0.25, -0.2) is 0 Å². The molecule has 0 fully saturated rings. The van der Waals surface area contributed by atoms with Crippen molar-refractivity contribution >= 4 is 31.2 Å². The molecular formula is C27H42BN3O5. The molecule has 0 heterocycles. The summed E-state index contributed by atoms with van der Waals surface area (Å²) in [6.45, 7) is 13.5. The molecule has 36 heavy (non-hydrogen) atoms. The molecule has 0 aliphatic rings. The Morgan fingerprint density at radius 3 is 2.28 bits per heavy atom. The lowest BCUT2D eigenvalue weighted by molar-refractivity contribution is -0.135. The average Bonchev–Trinajstić information content (AvgIpc) is 2.80. The first-order chi connectivity index (χ1) is 16.9. The number of carbonyl (C=O) groups excluding carboxylic acids is 3. The van der Waals surface area contributed by atoms with Gasteiger partial charge in [0, 0.05) is 23.4 Å². The number of hydrogen-bond acceptors (Lipinski definition) is 6. The van der Waals surface area contributed by atoms with Crippen LogP contribution < -0.4 is 16.0 Å². The Hall–Kier alpha value is -2.81. The largest absolute Gasteiger partial charge is 0.470 e. The monoisotopic (exact) mass is 499 g/mol. The third kappa shape index (κ3) is 10.9. The van der Waals surface area contributed by atoms with Gasteiger partial charge in [0.05, 0.1) is 6.04 Å². The van der Waals surface area contributed by atoms with Crippen LogP contribution in [0.5, 0.6) is 0 Å². The van der Waals surface area contributed by atoms with E-state index in [1.165, 1.54) is 0 Å². The summed E-state index contributed by atoms with van der Waals surface area (Å²) in [6, 6.07) is 6.21. The van der Waals surface area contributed by atoms with Crippen molar-refractivity contribution in [3.8, 4) is 0 Å². The summed E-state index contributed by atoms with van der Waals surface area (Å²) < 4.78 is 4.80. The van der Waals surface area contributed by atoms with Gasteiger partial charge in [-0.1, -0.05) is 72.6 Å². The van der Waals surface area contributed by atoms with Crippen LogP contribution in [0.1, 0.15) is 72.3 Å². The number of benzene rings is 1. The van der Waals surface area contributed by atoms with Crippen molar-refractivity contribution in [2.75, 3.05) is 11.9 Å². The van der Waals surface area contributed by atoms with Crippen LogP contribution in [0.4, 0.5) is 10.5 Å². The molecule has 0 saturated heterocycles. The molecule has 0 aliphatic carbocycles. The van der Waals surface area contributed by atoms with E-state index in [-0.39, 0.29) is 37.0 Å². The lowest BCUT2D eigenvalue weighted by Gasteiger charge is -2.30. The average molecular weight is 499 g/mol. The van der Waals surface area contributed by atoms with Gasteiger partial charge in [0.15, 0.2) is 0 Å². The summed E-state index contributed by atoms with van der Waals surface area (Å²) in [6.07, 6.45) is 3.98. The van der Waals surface area contributed by atoms with E-state index in [9.17, 15) is 19.5 Å². The Kier molecular flexibility index (Phi) is 13.3. The van der Waals surface area contributed by atoms with Gasteiger partial charge >= 0.3 is 0 Å². The first-order valence-corrected chi connectivity index (χ1v) is 12.6. The van der Waals surface area contributed by atoms with Crippen LogP contribution in [0.3, 0.4) is 0 Å². The second-order valence-corrected chi connectivity index (χ2v) is 10.1. The van der Waals surface area contributed by atoms with Crippen molar-refractivity contribution < 1.29 is 24.2 Å². The lowest BCUT2D eigenvalue weighted by Crippen LogP contribution is -2.55. The Morgan fingerprint density at radius 1 is 1.11 bits per heavy atom. The zero-order chi connectivity index (χ0) is 27.3. The minimum atomic E-state index is -0.830. The summed E-state index contributed by atoms with van der Waals surface area (Å²) in [5.74, 6) is -1.51. The number of nitrogens with one attached hydrogen (secondary N) is 3. The Morgan fingerprint density at radius 2 is 1.75 bits per heavy atom. The van der Waals surface area contributed by atoms with Gasteiger partial charge in [0.2, 0.25) is 25.5 Å². The maximum atomic E-state index is 13.3. The topological polar surface area (TPSA) is 117 Å². The van der Waals surface area contributed by atoms with Crippen molar-refractivity contribution in [1.29, 1.82) is 0 Å². The zero-order valence-corrected chi connectivity index (χ0v) is 22.4. The molecule has 9 heteroatoms. The number of unbranched alkanes of at least 4 members (excludes halogenated alkanes) is 2. The van der Waals surface area contributed by atoms with Gasteiger partial charge < -0.3 is 25.8 Å². The number of hydrogen-bond donors (Lipinski definition) is 4. The highest BCUT2D eigenvalue weighted by atomic mass is 16.5. The standard InChI is InChI=1S/C27H42BN3O5/c1-7-8-9-10-22(19(4)29-21-13-11-20(12-14-21)17-36-26(28)35)30-24(33)23(18(2)3)31-25(34)27(5,6)15-16-32/h11-14,18,22-23,29,32H,4,7-10,15-17H2,1-3,5-6H3,(H,30,33)(H,31,34). The molecule has 0 aromatic heterocycles. The van der Waals surface area contributed by atoms with E-state index in [4.69, 9.17) is 12.6 Å². The van der Waals surface area contributed by atoms with Gasteiger partial charge in [0.25, 0.3) is 0 Å². The molecule has 0 spiro atoms. The predicted molar refractivity (Wildman–Crippen MR) is 143 cm³/mol. The molecule has 4 N–H and O–H groups in total. The molecular weight excluding hydrogens is 457 g/mol. The molecule has 2 unspecified atom stereocenters. The van der Waals surface area contributed by atoms with Crippen LogP contribution in [0.25, 0.3) is 0 Å². The fourth-order valence-corrected chi connectivity index (χ4v) is 3.57. The van der Waals surface area contributed by atoms with Crippen LogP contribution in [0.2, 0.25) is 0 Å². The van der Waals surface area contributed by atoms with Gasteiger partial charge in [-0.3, -0.25) is 14.4 Å². The van der Waals surface area contributed by atoms with E-state index in [2.05, 4.69) is 29.5 Å². The molecule has 2 atom stereocenters. The number of rotatable bonds is 16. The molecule has 2 amide bonds. The first-order valence-electron chi connectivity index (χ1n) is 12.6. The highest BCUT2D eigenvalue weighted by Crippen LogP contribution is 2.21. The number of ether oxygens (including phenoxy) is 1. The normalized spacial score (nSPS) is 13.0. The molecule has 1 aromatic rings. The smallest absolute Gasteiger partial charge is 0.243 e. The van der Waals surface area contributed by atoms with Crippen molar-refractivity contribution in [2.24, 2.45) is 11.3 Å². The van der Waals surface area contributed by atoms with E-state index in [0.29, 0.717) is 18.5 Å². The number of amides is 2. The highest BCUT2D eigenvalue weighted by molar-refractivity contribution is 6.55. The van der Waals surface area contributed by atoms with Gasteiger partial charge in [-0.15, -0.1) is 0 Å². The summed E-state index contributed by atoms with van der Waals surface area (Å²) in [5, 5.41) is 18.5. The summed E-state index contributed by atoms with van der Waals surface area (Å²) >= 11 is 0. The van der Waals surface area contributed by atoms with Crippen LogP contribution in [-0.4, -0.2) is 49.3 Å². The number of aliphatic hydroxyl groups excluding tert-OH is 1. The van der Waals surface area contributed by atoms with Gasteiger partial charge in [0.1, 0.15) is 12.6 Å². The molecule has 198 valence electrons. The van der Waals surface area contributed by atoms with Crippen LogP contribution in [-0.2, 0) is 20.9 Å². The Balaban J connectivity index is 2.93. The molecule has 2 radical (unpaired) electrons. The maximum Gasteiger partial charge on any atom is 0.243 e. The second kappa shape index (κ2) is 15.3. The Labute approximate surface area is 217 Å². The van der Waals surface area contributed by atoms with E-state index < -0.39 is 17.3 Å².